The minimum Gasteiger partial charge on any atom is -0.455 e. The van der Waals surface area contributed by atoms with Gasteiger partial charge in [0, 0.05) is 32.7 Å². The molecule has 2 aromatic carbocycles. The maximum Gasteiger partial charge on any atom is 0.146 e. The van der Waals surface area contributed by atoms with Crippen molar-refractivity contribution in [3.63, 3.8) is 0 Å². The minimum absolute atomic E-state index is 0.955. The standard InChI is InChI=1S/C20H10O2S2/c1-3-7-13-11(5-1)19-15(21-13)9-17(23-19)18-10-16-20(24-18)12-6-2-4-8-14(12)22-16/h1-10H. The zero-order valence-electron chi connectivity index (χ0n) is 12.4. The fourth-order valence-corrected chi connectivity index (χ4v) is 5.54. The highest BCUT2D eigenvalue weighted by Gasteiger charge is 2.16. The predicted molar refractivity (Wildman–Crippen MR) is 102 cm³/mol. The molecule has 0 aliphatic rings. The first-order valence-corrected chi connectivity index (χ1v) is 9.33. The molecule has 4 heterocycles. The topological polar surface area (TPSA) is 26.3 Å². The van der Waals surface area contributed by atoms with Gasteiger partial charge in [0.05, 0.1) is 9.40 Å². The third-order valence-corrected chi connectivity index (χ3v) is 6.84. The Hall–Kier alpha value is -2.56. The normalized spacial score (nSPS) is 12.2. The monoisotopic (exact) mass is 346 g/mol. The highest BCUT2D eigenvalue weighted by molar-refractivity contribution is 7.29. The van der Waals surface area contributed by atoms with Crippen LogP contribution < -0.4 is 0 Å². The summed E-state index contributed by atoms with van der Waals surface area (Å²) in [6, 6.07) is 20.7. The van der Waals surface area contributed by atoms with Crippen LogP contribution in [0.4, 0.5) is 0 Å². The highest BCUT2D eigenvalue weighted by atomic mass is 32.1. The average molecular weight is 346 g/mol. The third-order valence-electron chi connectivity index (χ3n) is 4.34. The van der Waals surface area contributed by atoms with Crippen molar-refractivity contribution in [1.82, 2.24) is 0 Å². The second-order valence-electron chi connectivity index (χ2n) is 5.80. The van der Waals surface area contributed by atoms with Gasteiger partial charge in [0.25, 0.3) is 0 Å². The summed E-state index contributed by atoms with van der Waals surface area (Å²) in [5.74, 6) is 0. The molecule has 0 atom stereocenters. The zero-order chi connectivity index (χ0) is 15.7. The van der Waals surface area contributed by atoms with E-state index in [1.807, 2.05) is 24.3 Å². The summed E-state index contributed by atoms with van der Waals surface area (Å²) in [7, 11) is 0. The van der Waals surface area contributed by atoms with Gasteiger partial charge in [-0.15, -0.1) is 22.7 Å². The first-order valence-electron chi connectivity index (χ1n) is 7.69. The number of hydrogen-bond donors (Lipinski definition) is 0. The molecule has 0 N–H and O–H groups in total. The van der Waals surface area contributed by atoms with Crippen molar-refractivity contribution < 1.29 is 8.83 Å². The molecule has 4 aromatic heterocycles. The molecule has 24 heavy (non-hydrogen) atoms. The number of fused-ring (bicyclic) bond motifs is 6. The molecule has 0 fully saturated rings. The van der Waals surface area contributed by atoms with Crippen molar-refractivity contribution >= 4 is 65.2 Å². The molecule has 0 bridgehead atoms. The van der Waals surface area contributed by atoms with Crippen LogP contribution >= 0.6 is 22.7 Å². The van der Waals surface area contributed by atoms with Gasteiger partial charge in [-0.3, -0.25) is 0 Å². The predicted octanol–water partition coefficient (Wildman–Crippen LogP) is 7.28. The lowest BCUT2D eigenvalue weighted by Gasteiger charge is -1.90. The maximum absolute atomic E-state index is 5.97. The first-order chi connectivity index (χ1) is 11.9. The fraction of sp³-hybridized carbons (Fsp3) is 0. The van der Waals surface area contributed by atoms with Crippen LogP contribution in [-0.2, 0) is 0 Å². The van der Waals surface area contributed by atoms with E-state index in [0.717, 1.165) is 22.3 Å². The lowest BCUT2D eigenvalue weighted by molar-refractivity contribution is 0.669. The Morgan fingerprint density at radius 3 is 1.50 bits per heavy atom. The van der Waals surface area contributed by atoms with Crippen LogP contribution in [0.25, 0.3) is 52.3 Å². The zero-order valence-corrected chi connectivity index (χ0v) is 14.0. The van der Waals surface area contributed by atoms with Gasteiger partial charge in [-0.2, -0.15) is 0 Å². The van der Waals surface area contributed by atoms with E-state index in [1.165, 1.54) is 29.9 Å². The van der Waals surface area contributed by atoms with Crippen LogP contribution in [0.2, 0.25) is 0 Å². The van der Waals surface area contributed by atoms with E-state index >= 15 is 0 Å². The summed E-state index contributed by atoms with van der Waals surface area (Å²) >= 11 is 3.57. The summed E-state index contributed by atoms with van der Waals surface area (Å²) in [6.45, 7) is 0. The summed E-state index contributed by atoms with van der Waals surface area (Å²) in [6.07, 6.45) is 0. The van der Waals surface area contributed by atoms with E-state index in [-0.39, 0.29) is 0 Å². The second kappa shape index (κ2) is 4.50. The molecule has 0 unspecified atom stereocenters. The maximum atomic E-state index is 5.97. The van der Waals surface area contributed by atoms with Gasteiger partial charge < -0.3 is 8.83 Å². The Morgan fingerprint density at radius 1 is 0.542 bits per heavy atom. The van der Waals surface area contributed by atoms with Crippen LogP contribution in [-0.4, -0.2) is 0 Å². The SMILES string of the molecule is c1ccc2c(c1)oc1cc(-c3cc4oc5ccccc5c4s3)sc12. The molecule has 0 saturated heterocycles. The van der Waals surface area contributed by atoms with Gasteiger partial charge >= 0.3 is 0 Å². The third kappa shape index (κ3) is 1.64. The summed E-state index contributed by atoms with van der Waals surface area (Å²) in [5, 5.41) is 2.38. The quantitative estimate of drug-likeness (QED) is 0.313. The van der Waals surface area contributed by atoms with Crippen LogP contribution in [0.1, 0.15) is 0 Å². The highest BCUT2D eigenvalue weighted by Crippen LogP contribution is 2.45. The summed E-state index contributed by atoms with van der Waals surface area (Å²) in [4.78, 5) is 2.46. The average Bonchev–Trinajstić information content (AvgIpc) is 3.31. The minimum atomic E-state index is 0.955. The van der Waals surface area contributed by atoms with Crippen LogP contribution in [0.3, 0.4) is 0 Å². The van der Waals surface area contributed by atoms with E-state index in [0.29, 0.717) is 0 Å². The number of rotatable bonds is 1. The largest absolute Gasteiger partial charge is 0.455 e. The first kappa shape index (κ1) is 12.8. The van der Waals surface area contributed by atoms with E-state index in [1.54, 1.807) is 22.7 Å². The number of hydrogen-bond acceptors (Lipinski definition) is 4. The van der Waals surface area contributed by atoms with Crippen molar-refractivity contribution in [2.45, 2.75) is 0 Å². The van der Waals surface area contributed by atoms with Crippen molar-refractivity contribution in [3.8, 4) is 9.75 Å². The molecule has 0 aliphatic heterocycles. The number of furan rings is 2. The van der Waals surface area contributed by atoms with Gasteiger partial charge in [0.2, 0.25) is 0 Å². The van der Waals surface area contributed by atoms with Gasteiger partial charge in [-0.1, -0.05) is 24.3 Å². The van der Waals surface area contributed by atoms with Crippen LogP contribution in [0.15, 0.2) is 69.5 Å². The molecule has 0 amide bonds. The van der Waals surface area contributed by atoms with Crippen molar-refractivity contribution in [3.05, 3.63) is 60.7 Å². The lowest BCUT2D eigenvalue weighted by atomic mass is 10.2. The van der Waals surface area contributed by atoms with Crippen molar-refractivity contribution in [2.24, 2.45) is 0 Å². The van der Waals surface area contributed by atoms with Gasteiger partial charge in [0.15, 0.2) is 0 Å². The summed E-state index contributed by atoms with van der Waals surface area (Å²) in [5.41, 5.74) is 3.84. The molecule has 0 saturated carbocycles. The van der Waals surface area contributed by atoms with Crippen molar-refractivity contribution in [1.29, 1.82) is 0 Å². The Kier molecular flexibility index (Phi) is 2.40. The Bertz CT molecular complexity index is 1250. The molecule has 2 nitrogen and oxygen atoms in total. The number of thiophene rings is 2. The molecule has 6 aromatic rings. The molecular formula is C20H10O2S2. The van der Waals surface area contributed by atoms with Gasteiger partial charge in [-0.05, 0) is 24.3 Å². The Morgan fingerprint density at radius 2 is 1.00 bits per heavy atom. The smallest absolute Gasteiger partial charge is 0.146 e. The Labute approximate surface area is 144 Å². The van der Waals surface area contributed by atoms with Crippen LogP contribution in [0.5, 0.6) is 0 Å². The molecule has 114 valence electrons. The van der Waals surface area contributed by atoms with Gasteiger partial charge in [-0.25, -0.2) is 0 Å². The van der Waals surface area contributed by atoms with E-state index < -0.39 is 0 Å². The van der Waals surface area contributed by atoms with E-state index in [2.05, 4.69) is 36.4 Å². The molecule has 0 spiro atoms. The van der Waals surface area contributed by atoms with Crippen LogP contribution in [0, 0.1) is 0 Å². The molecule has 0 aliphatic carbocycles. The van der Waals surface area contributed by atoms with Gasteiger partial charge in [0.1, 0.15) is 22.3 Å². The summed E-state index contributed by atoms with van der Waals surface area (Å²) < 4.78 is 14.4. The van der Waals surface area contributed by atoms with Crippen molar-refractivity contribution in [2.75, 3.05) is 0 Å². The number of benzene rings is 2. The Balaban J connectivity index is 1.59. The second-order valence-corrected chi connectivity index (χ2v) is 7.91. The molecule has 6 rings (SSSR count). The molecular weight excluding hydrogens is 336 g/mol. The molecule has 4 heteroatoms. The van der Waals surface area contributed by atoms with E-state index in [9.17, 15) is 0 Å². The molecule has 0 radical (unpaired) electrons. The fourth-order valence-electron chi connectivity index (χ4n) is 3.24. The van der Waals surface area contributed by atoms with E-state index in [4.69, 9.17) is 8.83 Å². The lowest BCUT2D eigenvalue weighted by Crippen LogP contribution is -1.62. The number of para-hydroxylation sites is 2.